The second-order valence-electron chi connectivity index (χ2n) is 9.95. The fourth-order valence-corrected chi connectivity index (χ4v) is 8.35. The summed E-state index contributed by atoms with van der Waals surface area (Å²) in [7, 11) is 0. The van der Waals surface area contributed by atoms with Crippen LogP contribution in [0.2, 0.25) is 10.0 Å². The van der Waals surface area contributed by atoms with E-state index in [2.05, 4.69) is 5.32 Å². The van der Waals surface area contributed by atoms with E-state index in [1.54, 1.807) is 0 Å². The summed E-state index contributed by atoms with van der Waals surface area (Å²) in [4.78, 5) is 54.4. The summed E-state index contributed by atoms with van der Waals surface area (Å²) in [5.41, 5.74) is -0.533. The lowest BCUT2D eigenvalue weighted by Gasteiger charge is -2.30. The number of alkyl halides is 3. The number of hydrogen-bond acceptors (Lipinski definition) is 6. The van der Waals surface area contributed by atoms with Crippen LogP contribution in [0.25, 0.3) is 0 Å². The molecule has 44 heavy (non-hydrogen) atoms. The molecular weight excluding hydrogens is 665 g/mol. The van der Waals surface area contributed by atoms with Crippen LogP contribution < -0.4 is 15.1 Å². The Bertz CT molecular complexity index is 1890. The number of imide groups is 1. The minimum absolute atomic E-state index is 0.202. The first-order chi connectivity index (χ1) is 20.8. The Kier molecular flexibility index (Phi) is 7.85. The van der Waals surface area contributed by atoms with Gasteiger partial charge in [-0.3, -0.25) is 23.7 Å². The van der Waals surface area contributed by atoms with E-state index in [1.165, 1.54) is 53.1 Å². The van der Waals surface area contributed by atoms with Crippen LogP contribution in [0.4, 0.5) is 28.9 Å². The van der Waals surface area contributed by atoms with E-state index in [1.807, 2.05) is 0 Å². The van der Waals surface area contributed by atoms with Crippen LogP contribution in [0.15, 0.2) is 76.6 Å². The molecule has 15 heteroatoms. The molecule has 1 N–H and O–H groups in total. The summed E-state index contributed by atoms with van der Waals surface area (Å²) in [6.07, 6.45) is -4.71. The van der Waals surface area contributed by atoms with E-state index in [-0.39, 0.29) is 20.8 Å². The Labute approximate surface area is 264 Å². The van der Waals surface area contributed by atoms with Crippen molar-refractivity contribution in [3.05, 3.63) is 108 Å². The van der Waals surface area contributed by atoms with Crippen LogP contribution in [0.3, 0.4) is 0 Å². The first kappa shape index (κ1) is 30.4. The van der Waals surface area contributed by atoms with E-state index < -0.39 is 63.8 Å². The van der Waals surface area contributed by atoms with Crippen LogP contribution in [-0.4, -0.2) is 27.5 Å². The first-order valence-corrected chi connectivity index (χ1v) is 15.2. The van der Waals surface area contributed by atoms with Crippen molar-refractivity contribution in [2.24, 2.45) is 5.92 Å². The van der Waals surface area contributed by atoms with Gasteiger partial charge in [0.15, 0.2) is 0 Å². The van der Waals surface area contributed by atoms with Crippen LogP contribution in [-0.2, 0) is 27.1 Å². The largest absolute Gasteiger partial charge is 0.416 e. The number of nitrogens with zero attached hydrogens (tertiary/aromatic N) is 2. The van der Waals surface area contributed by atoms with Gasteiger partial charge in [0.05, 0.1) is 32.2 Å². The number of anilines is 2. The minimum atomic E-state index is -4.71. The van der Waals surface area contributed by atoms with E-state index in [0.29, 0.717) is 16.1 Å². The number of amides is 3. The summed E-state index contributed by atoms with van der Waals surface area (Å²) in [5.74, 6) is -4.70. The molecule has 3 heterocycles. The van der Waals surface area contributed by atoms with Gasteiger partial charge in [0.1, 0.15) is 17.6 Å². The number of hydrogen-bond donors (Lipinski definition) is 1. The Morgan fingerprint density at radius 2 is 1.66 bits per heavy atom. The third-order valence-electron chi connectivity index (χ3n) is 7.22. The van der Waals surface area contributed by atoms with Gasteiger partial charge in [0.25, 0.3) is 0 Å². The number of rotatable bonds is 5. The molecule has 3 aromatic carbocycles. The van der Waals surface area contributed by atoms with Crippen molar-refractivity contribution < 1.29 is 31.9 Å². The summed E-state index contributed by atoms with van der Waals surface area (Å²) in [6, 6.07) is 13.5. The van der Waals surface area contributed by atoms with E-state index in [0.717, 1.165) is 46.2 Å². The van der Waals surface area contributed by atoms with Crippen molar-refractivity contribution in [1.29, 1.82) is 0 Å². The second-order valence-corrected chi connectivity index (χ2v) is 12.9. The van der Waals surface area contributed by atoms with Gasteiger partial charge in [-0.15, -0.1) is 0 Å². The molecule has 2 aliphatic rings. The predicted octanol–water partition coefficient (Wildman–Crippen LogP) is 6.81. The highest BCUT2D eigenvalue weighted by Gasteiger charge is 2.57. The molecule has 0 radical (unpaired) electrons. The maximum Gasteiger partial charge on any atom is 0.416 e. The molecule has 226 valence electrons. The van der Waals surface area contributed by atoms with Gasteiger partial charge in [-0.1, -0.05) is 64.5 Å². The number of carbonyl (C=O) groups excluding carboxylic acids is 3. The van der Waals surface area contributed by atoms with Crippen molar-refractivity contribution in [1.82, 2.24) is 4.57 Å². The number of thioether (sulfide) groups is 1. The molecule has 0 bridgehead atoms. The summed E-state index contributed by atoms with van der Waals surface area (Å²) in [6.45, 7) is -0.453. The summed E-state index contributed by atoms with van der Waals surface area (Å²) < 4.78 is 55.4. The Morgan fingerprint density at radius 3 is 2.34 bits per heavy atom. The van der Waals surface area contributed by atoms with E-state index in [4.69, 9.17) is 23.2 Å². The Morgan fingerprint density at radius 1 is 0.932 bits per heavy atom. The molecule has 1 aromatic heterocycles. The summed E-state index contributed by atoms with van der Waals surface area (Å²) in [5, 5.41) is 2.23. The molecule has 3 amide bonds. The highest BCUT2D eigenvalue weighted by Crippen LogP contribution is 2.54. The number of benzene rings is 3. The lowest BCUT2D eigenvalue weighted by atomic mass is 9.83. The predicted molar refractivity (Wildman–Crippen MR) is 159 cm³/mol. The van der Waals surface area contributed by atoms with E-state index >= 15 is 0 Å². The molecule has 2 aliphatic heterocycles. The topological polar surface area (TPSA) is 88.5 Å². The second kappa shape index (κ2) is 11.4. The smallest absolute Gasteiger partial charge is 0.324 e. The van der Waals surface area contributed by atoms with Crippen LogP contribution in [0, 0.1) is 11.7 Å². The molecular formula is C29H17Cl2F4N3O4S2. The third-order valence-corrected chi connectivity index (χ3v) is 10.6. The third kappa shape index (κ3) is 5.42. The maximum absolute atomic E-state index is 13.9. The van der Waals surface area contributed by atoms with Crippen molar-refractivity contribution in [2.75, 3.05) is 10.2 Å². The standard InChI is InChI=1S/C29H17Cl2F4N3O4S2/c30-18-9-8-16(11-19(18)31)36-20(39)12-37-27-24(44-28(37)42)21(13-4-6-15(32)7-5-13)22-23(43-27)26(41)38(25(22)40)17-3-1-2-14(10-17)29(33,34)35/h1-11,21-23H,12H2,(H,36,39)/t21-,22-,23+/m0/s1. The zero-order valence-corrected chi connectivity index (χ0v) is 25.0. The van der Waals surface area contributed by atoms with Crippen LogP contribution in [0.1, 0.15) is 21.9 Å². The SMILES string of the molecule is O=C(Cn1c2c(sc1=O)[C@@H](c1ccc(F)cc1)[C@@H]1C(=O)N(c3cccc(C(F)(F)F)c3)C(=O)[C@@H]1S2)Nc1ccc(Cl)c(Cl)c1. The number of carbonyl (C=O) groups is 3. The van der Waals surface area contributed by atoms with Gasteiger partial charge in [0.2, 0.25) is 17.7 Å². The quantitative estimate of drug-likeness (QED) is 0.185. The number of nitrogens with one attached hydrogen (secondary N) is 1. The fourth-order valence-electron chi connectivity index (χ4n) is 5.28. The van der Waals surface area contributed by atoms with Gasteiger partial charge in [-0.2, -0.15) is 13.2 Å². The van der Waals surface area contributed by atoms with Crippen molar-refractivity contribution in [2.45, 2.75) is 28.9 Å². The highest BCUT2D eigenvalue weighted by atomic mass is 35.5. The molecule has 4 aromatic rings. The van der Waals surface area contributed by atoms with Crippen molar-refractivity contribution in [3.63, 3.8) is 0 Å². The van der Waals surface area contributed by atoms with Gasteiger partial charge < -0.3 is 5.32 Å². The zero-order valence-electron chi connectivity index (χ0n) is 21.9. The van der Waals surface area contributed by atoms with E-state index in [9.17, 15) is 36.7 Å². The number of thiazole rings is 1. The average Bonchev–Trinajstić information content (AvgIpc) is 3.41. The number of fused-ring (bicyclic) bond motifs is 2. The molecule has 1 saturated heterocycles. The minimum Gasteiger partial charge on any atom is -0.324 e. The highest BCUT2D eigenvalue weighted by molar-refractivity contribution is 8.00. The maximum atomic E-state index is 13.9. The van der Waals surface area contributed by atoms with Crippen molar-refractivity contribution >= 4 is 75.4 Å². The molecule has 0 saturated carbocycles. The number of halogens is 6. The summed E-state index contributed by atoms with van der Waals surface area (Å²) >= 11 is 13.6. The normalized spacial score (nSPS) is 19.6. The molecule has 0 aliphatic carbocycles. The van der Waals surface area contributed by atoms with Crippen LogP contribution >= 0.6 is 46.3 Å². The zero-order chi connectivity index (χ0) is 31.5. The van der Waals surface area contributed by atoms with Gasteiger partial charge in [0, 0.05) is 16.5 Å². The lowest BCUT2D eigenvalue weighted by molar-refractivity contribution is -0.137. The van der Waals surface area contributed by atoms with Gasteiger partial charge in [-0.05, 0) is 54.1 Å². The van der Waals surface area contributed by atoms with Crippen molar-refractivity contribution in [3.8, 4) is 0 Å². The molecule has 0 spiro atoms. The molecule has 0 unspecified atom stereocenters. The fraction of sp³-hybridized carbons (Fsp3) is 0.172. The Balaban J connectivity index is 1.40. The molecule has 1 fully saturated rings. The van der Waals surface area contributed by atoms with Crippen LogP contribution in [0.5, 0.6) is 0 Å². The molecule has 6 rings (SSSR count). The molecule has 3 atom stereocenters. The lowest BCUT2D eigenvalue weighted by Crippen LogP contribution is -2.33. The number of aromatic nitrogens is 1. The van der Waals surface area contributed by atoms with Gasteiger partial charge in [-0.25, -0.2) is 9.29 Å². The average molecular weight is 683 g/mol. The van der Waals surface area contributed by atoms with Gasteiger partial charge >= 0.3 is 11.0 Å². The monoisotopic (exact) mass is 681 g/mol. The molecule has 7 nitrogen and oxygen atoms in total. The Hall–Kier alpha value is -3.65. The first-order valence-electron chi connectivity index (χ1n) is 12.8.